The van der Waals surface area contributed by atoms with Gasteiger partial charge in [0.2, 0.25) is 0 Å². The van der Waals surface area contributed by atoms with Gasteiger partial charge in [0.25, 0.3) is 0 Å². The Bertz CT molecular complexity index is 523. The van der Waals surface area contributed by atoms with Crippen molar-refractivity contribution >= 4 is 17.3 Å². The quantitative estimate of drug-likeness (QED) is 0.653. The van der Waals surface area contributed by atoms with Crippen molar-refractivity contribution in [3.05, 3.63) is 22.4 Å². The van der Waals surface area contributed by atoms with E-state index in [-0.39, 0.29) is 0 Å². The number of ether oxygens (including phenoxy) is 1. The third-order valence-corrected chi connectivity index (χ3v) is 6.76. The highest BCUT2D eigenvalue weighted by Gasteiger charge is 2.35. The van der Waals surface area contributed by atoms with Gasteiger partial charge in [-0.1, -0.05) is 25.3 Å². The van der Waals surface area contributed by atoms with Crippen LogP contribution >= 0.6 is 11.3 Å². The van der Waals surface area contributed by atoms with Gasteiger partial charge in [0.05, 0.1) is 6.61 Å². The molecule has 2 aliphatic rings. The molecule has 1 aromatic heterocycles. The number of rotatable bonds is 5. The van der Waals surface area contributed by atoms with Gasteiger partial charge in [-0.05, 0) is 30.7 Å². The monoisotopic (exact) mass is 349 g/mol. The Hall–Kier alpha value is -1.07. The second kappa shape index (κ2) is 8.34. The summed E-state index contributed by atoms with van der Waals surface area (Å²) in [6.07, 6.45) is 7.86. The van der Waals surface area contributed by atoms with Crippen molar-refractivity contribution in [2.45, 2.75) is 43.9 Å². The molecule has 5 heteroatoms. The summed E-state index contributed by atoms with van der Waals surface area (Å²) in [5, 5.41) is 5.93. The van der Waals surface area contributed by atoms with Crippen LogP contribution in [0.2, 0.25) is 0 Å². The number of thiophene rings is 1. The number of methoxy groups -OCH3 is 1. The molecular weight excluding hydrogens is 318 g/mol. The molecular formula is C19H31N3OS. The number of guanidine groups is 1. The summed E-state index contributed by atoms with van der Waals surface area (Å²) in [4.78, 5) is 8.50. The predicted octanol–water partition coefficient (Wildman–Crippen LogP) is 3.49. The summed E-state index contributed by atoms with van der Waals surface area (Å²) < 4.78 is 5.32. The van der Waals surface area contributed by atoms with Crippen molar-refractivity contribution in [2.24, 2.45) is 10.9 Å². The molecule has 1 N–H and O–H groups in total. The Morgan fingerprint density at radius 2 is 2.25 bits per heavy atom. The minimum absolute atomic E-state index is 0.300. The second-order valence-electron chi connectivity index (χ2n) is 7.28. The number of hydrogen-bond acceptors (Lipinski definition) is 3. The molecule has 0 aromatic carbocycles. The van der Waals surface area contributed by atoms with Crippen molar-refractivity contribution in [3.63, 3.8) is 0 Å². The van der Waals surface area contributed by atoms with E-state index in [0.717, 1.165) is 32.2 Å². The first-order valence-corrected chi connectivity index (χ1v) is 10.1. The Balaban J connectivity index is 1.63. The average molecular weight is 350 g/mol. The Morgan fingerprint density at radius 3 is 2.92 bits per heavy atom. The third kappa shape index (κ3) is 3.94. The van der Waals surface area contributed by atoms with Gasteiger partial charge in [-0.2, -0.15) is 0 Å². The molecule has 24 heavy (non-hydrogen) atoms. The fraction of sp³-hybridized carbons (Fsp3) is 0.737. The molecule has 1 unspecified atom stereocenters. The maximum absolute atomic E-state index is 5.32. The average Bonchev–Trinajstić information content (AvgIpc) is 3.29. The summed E-state index contributed by atoms with van der Waals surface area (Å²) >= 11 is 1.92. The van der Waals surface area contributed by atoms with Crippen LogP contribution in [-0.4, -0.2) is 51.3 Å². The first-order chi connectivity index (χ1) is 11.8. The summed E-state index contributed by atoms with van der Waals surface area (Å²) in [7, 11) is 3.70. The number of nitrogens with zero attached hydrogens (tertiary/aromatic N) is 2. The van der Waals surface area contributed by atoms with Crippen molar-refractivity contribution in [1.82, 2.24) is 10.2 Å². The minimum Gasteiger partial charge on any atom is -0.384 e. The van der Waals surface area contributed by atoms with Gasteiger partial charge in [0, 0.05) is 50.0 Å². The molecule has 3 rings (SSSR count). The lowest BCUT2D eigenvalue weighted by molar-refractivity contribution is 0.157. The van der Waals surface area contributed by atoms with Crippen molar-refractivity contribution < 1.29 is 4.74 Å². The predicted molar refractivity (Wildman–Crippen MR) is 102 cm³/mol. The van der Waals surface area contributed by atoms with Gasteiger partial charge in [-0.25, -0.2) is 0 Å². The van der Waals surface area contributed by atoms with Crippen LogP contribution in [0.3, 0.4) is 0 Å². The van der Waals surface area contributed by atoms with Gasteiger partial charge in [-0.15, -0.1) is 11.3 Å². The summed E-state index contributed by atoms with van der Waals surface area (Å²) in [5.74, 6) is 1.70. The van der Waals surface area contributed by atoms with Crippen LogP contribution < -0.4 is 5.32 Å². The Morgan fingerprint density at radius 1 is 1.42 bits per heavy atom. The topological polar surface area (TPSA) is 36.9 Å². The van der Waals surface area contributed by atoms with Crippen LogP contribution in [0.15, 0.2) is 22.5 Å². The zero-order chi connectivity index (χ0) is 16.8. The fourth-order valence-electron chi connectivity index (χ4n) is 4.30. The SMILES string of the molecule is CN=C(NCC1(c2cccs2)CCCCC1)N1CCC(COC)C1. The zero-order valence-corrected chi connectivity index (χ0v) is 15.9. The molecule has 1 atom stereocenters. The van der Waals surface area contributed by atoms with Crippen LogP contribution in [0.25, 0.3) is 0 Å². The third-order valence-electron chi connectivity index (χ3n) is 5.64. The van der Waals surface area contributed by atoms with Crippen LogP contribution in [0.1, 0.15) is 43.4 Å². The van der Waals surface area contributed by atoms with Crippen molar-refractivity contribution in [2.75, 3.05) is 40.4 Å². The van der Waals surface area contributed by atoms with E-state index >= 15 is 0 Å². The highest BCUT2D eigenvalue weighted by molar-refractivity contribution is 7.10. The molecule has 1 aliphatic carbocycles. The lowest BCUT2D eigenvalue weighted by atomic mass is 9.73. The van der Waals surface area contributed by atoms with E-state index in [9.17, 15) is 0 Å². The molecule has 1 aromatic rings. The number of likely N-dealkylation sites (tertiary alicyclic amines) is 1. The zero-order valence-electron chi connectivity index (χ0n) is 15.1. The van der Waals surface area contributed by atoms with Crippen LogP contribution in [0, 0.1) is 5.92 Å². The Kier molecular flexibility index (Phi) is 6.17. The first kappa shape index (κ1) is 17.7. The van der Waals surface area contributed by atoms with Crippen LogP contribution in [0.5, 0.6) is 0 Å². The Labute approximate surface area is 150 Å². The summed E-state index contributed by atoms with van der Waals surface area (Å²) in [6, 6.07) is 4.52. The summed E-state index contributed by atoms with van der Waals surface area (Å²) in [5.41, 5.74) is 0.300. The number of hydrogen-bond donors (Lipinski definition) is 1. The standard InChI is InChI=1S/C19H31N3OS/c1-20-18(22-11-8-16(13-22)14-23-2)21-15-19(9-4-3-5-10-19)17-7-6-12-24-17/h6-7,12,16H,3-5,8-11,13-15H2,1-2H3,(H,20,21). The molecule has 0 bridgehead atoms. The molecule has 134 valence electrons. The van der Waals surface area contributed by atoms with Gasteiger partial charge in [0.1, 0.15) is 0 Å². The maximum atomic E-state index is 5.32. The van der Waals surface area contributed by atoms with E-state index in [1.165, 1.54) is 38.5 Å². The highest BCUT2D eigenvalue weighted by Crippen LogP contribution is 2.41. The van der Waals surface area contributed by atoms with E-state index in [1.54, 1.807) is 12.0 Å². The van der Waals surface area contributed by atoms with Gasteiger partial charge < -0.3 is 15.0 Å². The maximum Gasteiger partial charge on any atom is 0.193 e. The minimum atomic E-state index is 0.300. The van der Waals surface area contributed by atoms with Crippen molar-refractivity contribution in [1.29, 1.82) is 0 Å². The van der Waals surface area contributed by atoms with E-state index in [2.05, 4.69) is 32.7 Å². The van der Waals surface area contributed by atoms with E-state index in [0.29, 0.717) is 11.3 Å². The molecule has 4 nitrogen and oxygen atoms in total. The van der Waals surface area contributed by atoms with E-state index in [1.807, 2.05) is 18.4 Å². The lowest BCUT2D eigenvalue weighted by Crippen LogP contribution is -2.47. The largest absolute Gasteiger partial charge is 0.384 e. The van der Waals surface area contributed by atoms with Crippen LogP contribution in [-0.2, 0) is 10.2 Å². The molecule has 1 saturated heterocycles. The number of aliphatic imine (C=N–C) groups is 1. The second-order valence-corrected chi connectivity index (χ2v) is 8.22. The first-order valence-electron chi connectivity index (χ1n) is 9.26. The van der Waals surface area contributed by atoms with E-state index < -0.39 is 0 Å². The van der Waals surface area contributed by atoms with E-state index in [4.69, 9.17) is 4.74 Å². The molecule has 2 heterocycles. The van der Waals surface area contributed by atoms with Gasteiger partial charge in [0.15, 0.2) is 5.96 Å². The molecule has 0 amide bonds. The highest BCUT2D eigenvalue weighted by atomic mass is 32.1. The normalized spacial score (nSPS) is 24.3. The molecule has 2 fully saturated rings. The molecule has 0 spiro atoms. The van der Waals surface area contributed by atoms with Crippen LogP contribution in [0.4, 0.5) is 0 Å². The number of nitrogens with one attached hydrogen (secondary N) is 1. The smallest absolute Gasteiger partial charge is 0.193 e. The molecule has 0 radical (unpaired) electrons. The van der Waals surface area contributed by atoms with Gasteiger partial charge >= 0.3 is 0 Å². The lowest BCUT2D eigenvalue weighted by Gasteiger charge is -2.38. The van der Waals surface area contributed by atoms with Crippen molar-refractivity contribution in [3.8, 4) is 0 Å². The fourth-order valence-corrected chi connectivity index (χ4v) is 5.28. The summed E-state index contributed by atoms with van der Waals surface area (Å²) in [6.45, 7) is 4.00. The molecule has 1 aliphatic heterocycles. The van der Waals surface area contributed by atoms with Gasteiger partial charge in [-0.3, -0.25) is 4.99 Å². The molecule has 1 saturated carbocycles.